The number of benzene rings is 1. The molecule has 1 aromatic carbocycles. The van der Waals surface area contributed by atoms with Crippen molar-refractivity contribution < 1.29 is 5.11 Å². The van der Waals surface area contributed by atoms with Crippen LogP contribution in [0.5, 0.6) is 5.75 Å². The molecule has 0 bridgehead atoms. The normalized spacial score (nSPS) is 12.9. The highest BCUT2D eigenvalue weighted by atomic mass is 35.5. The minimum absolute atomic E-state index is 0.101. The number of hydrogen-bond acceptors (Lipinski definition) is 2. The van der Waals surface area contributed by atoms with Crippen LogP contribution in [0.4, 0.5) is 0 Å². The van der Waals surface area contributed by atoms with Crippen LogP contribution in [-0.2, 0) is 0 Å². The lowest BCUT2D eigenvalue weighted by Gasteiger charge is -2.14. The van der Waals surface area contributed by atoms with E-state index in [1.807, 2.05) is 13.0 Å². The zero-order valence-corrected chi connectivity index (χ0v) is 9.30. The van der Waals surface area contributed by atoms with E-state index in [4.69, 9.17) is 17.3 Å². The molecule has 14 heavy (non-hydrogen) atoms. The summed E-state index contributed by atoms with van der Waals surface area (Å²) in [5.41, 5.74) is 7.66. The topological polar surface area (TPSA) is 46.2 Å². The molecule has 0 aliphatic rings. The average Bonchev–Trinajstić information content (AvgIpc) is 2.11. The third-order valence-corrected chi connectivity index (χ3v) is 2.71. The Morgan fingerprint density at radius 3 is 2.71 bits per heavy atom. The molecule has 1 rings (SSSR count). The Morgan fingerprint density at radius 2 is 2.14 bits per heavy atom. The number of aromatic hydroxyl groups is 1. The molecule has 0 amide bonds. The number of phenolic OH excluding ortho intramolecular Hbond substituents is 1. The zero-order valence-electron chi connectivity index (χ0n) is 8.55. The van der Waals surface area contributed by atoms with Crippen LogP contribution >= 0.6 is 11.6 Å². The maximum atomic E-state index is 9.65. The van der Waals surface area contributed by atoms with E-state index in [-0.39, 0.29) is 11.8 Å². The van der Waals surface area contributed by atoms with Gasteiger partial charge in [-0.05, 0) is 31.0 Å². The van der Waals surface area contributed by atoms with Gasteiger partial charge in [0.1, 0.15) is 5.75 Å². The monoisotopic (exact) mass is 213 g/mol. The molecule has 0 saturated heterocycles. The third kappa shape index (κ3) is 2.40. The van der Waals surface area contributed by atoms with Crippen molar-refractivity contribution in [3.05, 3.63) is 28.3 Å². The van der Waals surface area contributed by atoms with Crippen LogP contribution in [0.2, 0.25) is 5.02 Å². The number of rotatable bonds is 3. The fourth-order valence-corrected chi connectivity index (χ4v) is 1.61. The molecular weight excluding hydrogens is 198 g/mol. The zero-order chi connectivity index (χ0) is 10.7. The number of phenols is 1. The summed E-state index contributed by atoms with van der Waals surface area (Å²) in [6.07, 6.45) is 1.87. The molecule has 0 heterocycles. The van der Waals surface area contributed by atoms with Crippen LogP contribution in [0.1, 0.15) is 36.9 Å². The van der Waals surface area contributed by atoms with Gasteiger partial charge in [-0.1, -0.05) is 24.9 Å². The number of aryl methyl sites for hydroxylation is 1. The van der Waals surface area contributed by atoms with Gasteiger partial charge in [0.25, 0.3) is 0 Å². The van der Waals surface area contributed by atoms with Crippen LogP contribution in [-0.4, -0.2) is 5.11 Å². The molecule has 0 aromatic heterocycles. The minimum atomic E-state index is -0.101. The first-order chi connectivity index (χ1) is 6.56. The lowest BCUT2D eigenvalue weighted by Crippen LogP contribution is -2.10. The molecule has 1 atom stereocenters. The Bertz CT molecular complexity index is 325. The highest BCUT2D eigenvalue weighted by molar-refractivity contribution is 6.31. The standard InChI is InChI=1S/C11H16ClNO/c1-3-4-10(13)8-5-7(2)9(12)6-11(8)14/h5-6,10,14H,3-4,13H2,1-2H3. The second-order valence-electron chi connectivity index (χ2n) is 3.56. The van der Waals surface area contributed by atoms with Gasteiger partial charge in [-0.25, -0.2) is 0 Å². The summed E-state index contributed by atoms with van der Waals surface area (Å²) < 4.78 is 0. The Kier molecular flexibility index (Phi) is 3.78. The van der Waals surface area contributed by atoms with Gasteiger partial charge in [0.05, 0.1) is 0 Å². The maximum absolute atomic E-state index is 9.65. The fraction of sp³-hybridized carbons (Fsp3) is 0.455. The second kappa shape index (κ2) is 4.67. The van der Waals surface area contributed by atoms with E-state index in [0.29, 0.717) is 5.02 Å². The molecule has 3 heteroatoms. The number of hydrogen-bond donors (Lipinski definition) is 2. The van der Waals surface area contributed by atoms with Gasteiger partial charge in [0, 0.05) is 16.6 Å². The van der Waals surface area contributed by atoms with E-state index in [1.165, 1.54) is 0 Å². The Hall–Kier alpha value is -0.730. The van der Waals surface area contributed by atoms with Crippen molar-refractivity contribution in [1.29, 1.82) is 0 Å². The first-order valence-electron chi connectivity index (χ1n) is 4.80. The van der Waals surface area contributed by atoms with Gasteiger partial charge in [0.15, 0.2) is 0 Å². The molecule has 1 aromatic rings. The van der Waals surface area contributed by atoms with Crippen LogP contribution in [0.25, 0.3) is 0 Å². The van der Waals surface area contributed by atoms with Gasteiger partial charge >= 0.3 is 0 Å². The number of nitrogens with two attached hydrogens (primary N) is 1. The largest absolute Gasteiger partial charge is 0.508 e. The van der Waals surface area contributed by atoms with Crippen LogP contribution < -0.4 is 5.73 Å². The molecular formula is C11H16ClNO. The van der Waals surface area contributed by atoms with Gasteiger partial charge in [-0.2, -0.15) is 0 Å². The average molecular weight is 214 g/mol. The minimum Gasteiger partial charge on any atom is -0.508 e. The second-order valence-corrected chi connectivity index (χ2v) is 3.96. The summed E-state index contributed by atoms with van der Waals surface area (Å²) in [6, 6.07) is 3.32. The summed E-state index contributed by atoms with van der Waals surface area (Å²) in [5.74, 6) is 0.196. The van der Waals surface area contributed by atoms with Crippen LogP contribution in [0.3, 0.4) is 0 Å². The Morgan fingerprint density at radius 1 is 1.50 bits per heavy atom. The fourth-order valence-electron chi connectivity index (χ4n) is 1.46. The van der Waals surface area contributed by atoms with Crippen molar-refractivity contribution in [3.8, 4) is 5.75 Å². The Balaban J connectivity index is 3.02. The van der Waals surface area contributed by atoms with Gasteiger partial charge < -0.3 is 10.8 Å². The summed E-state index contributed by atoms with van der Waals surface area (Å²) in [5, 5.41) is 10.2. The van der Waals surface area contributed by atoms with E-state index >= 15 is 0 Å². The molecule has 1 unspecified atom stereocenters. The molecule has 0 aliphatic heterocycles. The van der Waals surface area contributed by atoms with Gasteiger partial charge in [-0.15, -0.1) is 0 Å². The third-order valence-electron chi connectivity index (χ3n) is 2.31. The number of halogens is 1. The molecule has 3 N–H and O–H groups in total. The smallest absolute Gasteiger partial charge is 0.121 e. The lowest BCUT2D eigenvalue weighted by molar-refractivity contribution is 0.458. The summed E-state index contributed by atoms with van der Waals surface area (Å²) in [6.45, 7) is 3.98. The highest BCUT2D eigenvalue weighted by Gasteiger charge is 2.11. The van der Waals surface area contributed by atoms with E-state index < -0.39 is 0 Å². The summed E-state index contributed by atoms with van der Waals surface area (Å²) in [4.78, 5) is 0. The predicted molar refractivity (Wildman–Crippen MR) is 59.7 cm³/mol. The molecule has 78 valence electrons. The van der Waals surface area contributed by atoms with Crippen LogP contribution in [0, 0.1) is 6.92 Å². The molecule has 2 nitrogen and oxygen atoms in total. The Labute approximate surface area is 89.7 Å². The maximum Gasteiger partial charge on any atom is 0.121 e. The first-order valence-corrected chi connectivity index (χ1v) is 5.18. The predicted octanol–water partition coefficient (Wildman–Crippen LogP) is 3.15. The SMILES string of the molecule is CCCC(N)c1cc(C)c(Cl)cc1O. The summed E-state index contributed by atoms with van der Waals surface area (Å²) >= 11 is 5.87. The summed E-state index contributed by atoms with van der Waals surface area (Å²) in [7, 11) is 0. The van der Waals surface area contributed by atoms with E-state index in [1.54, 1.807) is 6.07 Å². The van der Waals surface area contributed by atoms with E-state index in [0.717, 1.165) is 24.0 Å². The van der Waals surface area contributed by atoms with Crippen molar-refractivity contribution in [1.82, 2.24) is 0 Å². The van der Waals surface area contributed by atoms with E-state index in [2.05, 4.69) is 6.92 Å². The van der Waals surface area contributed by atoms with Crippen molar-refractivity contribution >= 4 is 11.6 Å². The lowest BCUT2D eigenvalue weighted by atomic mass is 10.0. The van der Waals surface area contributed by atoms with Gasteiger partial charge in [-0.3, -0.25) is 0 Å². The molecule has 0 saturated carbocycles. The molecule has 0 aliphatic carbocycles. The van der Waals surface area contributed by atoms with Crippen molar-refractivity contribution in [2.75, 3.05) is 0 Å². The van der Waals surface area contributed by atoms with Crippen LogP contribution in [0.15, 0.2) is 12.1 Å². The van der Waals surface area contributed by atoms with Crippen molar-refractivity contribution in [3.63, 3.8) is 0 Å². The van der Waals surface area contributed by atoms with Crippen molar-refractivity contribution in [2.45, 2.75) is 32.7 Å². The van der Waals surface area contributed by atoms with E-state index in [9.17, 15) is 5.11 Å². The molecule has 0 fully saturated rings. The first kappa shape index (κ1) is 11.3. The van der Waals surface area contributed by atoms with Crippen molar-refractivity contribution in [2.24, 2.45) is 5.73 Å². The molecule has 0 spiro atoms. The molecule has 0 radical (unpaired) electrons. The van der Waals surface area contributed by atoms with Gasteiger partial charge in [0.2, 0.25) is 0 Å². The highest BCUT2D eigenvalue weighted by Crippen LogP contribution is 2.30. The quantitative estimate of drug-likeness (QED) is 0.810.